The van der Waals surface area contributed by atoms with Gasteiger partial charge in [0.1, 0.15) is 11.7 Å². The van der Waals surface area contributed by atoms with Gasteiger partial charge in [-0.25, -0.2) is 9.78 Å². The van der Waals surface area contributed by atoms with Crippen LogP contribution >= 0.6 is 11.3 Å². The molecule has 0 spiro atoms. The molecule has 1 aliphatic rings. The number of hydroxylamine groups is 2. The molecule has 1 aliphatic heterocycles. The van der Waals surface area contributed by atoms with Gasteiger partial charge in [-0.15, -0.1) is 15.6 Å². The SMILES string of the molecule is C[C@@H](O/N=C(\C(=O)N[C@@H]1C(=O)N(OS(=O)(=O)O)C1(C)C)c1csc(N)n1)C(=O)O. The van der Waals surface area contributed by atoms with Crippen LogP contribution in [0.4, 0.5) is 5.13 Å². The highest BCUT2D eigenvalue weighted by atomic mass is 32.3. The maximum atomic E-state index is 12.6. The van der Waals surface area contributed by atoms with Crippen LogP contribution < -0.4 is 11.1 Å². The number of nitrogens with one attached hydrogen (secondary N) is 1. The first-order chi connectivity index (χ1) is 13.2. The summed E-state index contributed by atoms with van der Waals surface area (Å²) in [5.74, 6) is -3.26. The number of aromatic nitrogens is 1. The van der Waals surface area contributed by atoms with E-state index >= 15 is 0 Å². The molecule has 160 valence electrons. The van der Waals surface area contributed by atoms with E-state index in [1.807, 2.05) is 0 Å². The van der Waals surface area contributed by atoms with Crippen molar-refractivity contribution < 1.29 is 41.6 Å². The molecule has 0 aliphatic carbocycles. The summed E-state index contributed by atoms with van der Waals surface area (Å²) < 4.78 is 34.6. The topological polar surface area (TPSA) is 211 Å². The number of carboxylic acid groups (broad SMARTS) is 1. The molecule has 1 saturated heterocycles. The minimum Gasteiger partial charge on any atom is -0.478 e. The van der Waals surface area contributed by atoms with Gasteiger partial charge in [-0.1, -0.05) is 5.16 Å². The quantitative estimate of drug-likeness (QED) is 0.159. The molecule has 2 atom stereocenters. The van der Waals surface area contributed by atoms with Gasteiger partial charge in [0.25, 0.3) is 11.8 Å². The number of aliphatic carboxylic acids is 1. The Labute approximate surface area is 168 Å². The number of nitrogens with zero attached hydrogens (tertiary/aromatic N) is 3. The first kappa shape index (κ1) is 22.5. The molecule has 5 N–H and O–H groups in total. The Kier molecular flexibility index (Phi) is 6.12. The molecule has 0 bridgehead atoms. The van der Waals surface area contributed by atoms with Gasteiger partial charge in [-0.2, -0.15) is 13.5 Å². The van der Waals surface area contributed by atoms with E-state index in [1.54, 1.807) is 0 Å². The fourth-order valence-corrected chi connectivity index (χ4v) is 3.20. The van der Waals surface area contributed by atoms with Crippen LogP contribution in [0.25, 0.3) is 0 Å². The molecule has 2 amide bonds. The van der Waals surface area contributed by atoms with Crippen LogP contribution in [0, 0.1) is 0 Å². The molecular weight excluding hydrogens is 434 g/mol. The van der Waals surface area contributed by atoms with Gasteiger partial charge < -0.3 is 21.0 Å². The van der Waals surface area contributed by atoms with Crippen molar-refractivity contribution in [3.63, 3.8) is 0 Å². The number of carbonyl (C=O) groups excluding carboxylic acids is 2. The molecule has 0 unspecified atom stereocenters. The Morgan fingerprint density at radius 3 is 2.55 bits per heavy atom. The first-order valence-corrected chi connectivity index (χ1v) is 9.98. The predicted molar refractivity (Wildman–Crippen MR) is 96.7 cm³/mol. The van der Waals surface area contributed by atoms with Crippen LogP contribution in [-0.2, 0) is 33.9 Å². The average Bonchev–Trinajstić information content (AvgIpc) is 3.02. The van der Waals surface area contributed by atoms with E-state index in [9.17, 15) is 22.8 Å². The lowest BCUT2D eigenvalue weighted by Crippen LogP contribution is -2.76. The summed E-state index contributed by atoms with van der Waals surface area (Å²) in [5.41, 5.74) is 3.69. The van der Waals surface area contributed by atoms with Gasteiger partial charge in [0.15, 0.2) is 10.8 Å². The van der Waals surface area contributed by atoms with Crippen LogP contribution in [0.2, 0.25) is 0 Å². The highest BCUT2D eigenvalue weighted by Gasteiger charge is 2.58. The molecule has 14 nitrogen and oxygen atoms in total. The lowest BCUT2D eigenvalue weighted by atomic mass is 9.84. The Balaban J connectivity index is 2.23. The molecule has 0 aromatic carbocycles. The van der Waals surface area contributed by atoms with Gasteiger partial charge in [0, 0.05) is 5.38 Å². The predicted octanol–water partition coefficient (Wildman–Crippen LogP) is -1.24. The minimum atomic E-state index is -4.95. The Hall–Kier alpha value is -2.82. The third kappa shape index (κ3) is 4.97. The minimum absolute atomic E-state index is 0.0294. The number of nitrogens with two attached hydrogens (primary N) is 1. The summed E-state index contributed by atoms with van der Waals surface area (Å²) in [6, 6.07) is -1.25. The second-order valence-electron chi connectivity index (χ2n) is 6.29. The zero-order chi connectivity index (χ0) is 22.1. The number of rotatable bonds is 8. The number of carboxylic acids is 1. The number of anilines is 1. The molecular formula is C13H17N5O9S2. The number of β-lactam (4-membered cyclic amide) rings is 1. The van der Waals surface area contributed by atoms with Crippen molar-refractivity contribution in [2.24, 2.45) is 5.16 Å². The van der Waals surface area contributed by atoms with Crippen LogP contribution in [0.3, 0.4) is 0 Å². The average molecular weight is 451 g/mol. The highest BCUT2D eigenvalue weighted by molar-refractivity contribution is 7.80. The second-order valence-corrected chi connectivity index (χ2v) is 8.19. The van der Waals surface area contributed by atoms with E-state index < -0.39 is 51.6 Å². The van der Waals surface area contributed by atoms with Crippen LogP contribution in [0.5, 0.6) is 0 Å². The lowest BCUT2D eigenvalue weighted by Gasteiger charge is -2.50. The van der Waals surface area contributed by atoms with Crippen molar-refractivity contribution >= 4 is 50.4 Å². The summed E-state index contributed by atoms with van der Waals surface area (Å²) in [6.07, 6.45) is -1.38. The largest absolute Gasteiger partial charge is 0.478 e. The van der Waals surface area contributed by atoms with Crippen LogP contribution in [0.15, 0.2) is 10.5 Å². The molecule has 2 heterocycles. The van der Waals surface area contributed by atoms with Crippen LogP contribution in [0.1, 0.15) is 26.5 Å². The number of oxime groups is 1. The number of hydrogen-bond acceptors (Lipinski definition) is 11. The molecule has 0 saturated carbocycles. The van der Waals surface area contributed by atoms with Gasteiger partial charge in [0.05, 0.1) is 5.54 Å². The molecule has 29 heavy (non-hydrogen) atoms. The van der Waals surface area contributed by atoms with Gasteiger partial charge in [-0.05, 0) is 20.8 Å². The monoisotopic (exact) mass is 451 g/mol. The first-order valence-electron chi connectivity index (χ1n) is 7.74. The third-order valence-electron chi connectivity index (χ3n) is 3.75. The van der Waals surface area contributed by atoms with E-state index in [2.05, 4.69) is 19.7 Å². The fraction of sp³-hybridized carbons (Fsp3) is 0.462. The smallest absolute Gasteiger partial charge is 0.418 e. The van der Waals surface area contributed by atoms with Crippen molar-refractivity contribution in [3.8, 4) is 0 Å². The summed E-state index contributed by atoms with van der Waals surface area (Å²) in [7, 11) is -4.95. The zero-order valence-corrected chi connectivity index (χ0v) is 16.9. The van der Waals surface area contributed by atoms with Gasteiger partial charge >= 0.3 is 16.4 Å². The zero-order valence-electron chi connectivity index (χ0n) is 15.2. The van der Waals surface area contributed by atoms with Crippen molar-refractivity contribution in [3.05, 3.63) is 11.1 Å². The Morgan fingerprint density at radius 2 is 2.10 bits per heavy atom. The summed E-state index contributed by atoms with van der Waals surface area (Å²) >= 11 is 0.981. The fourth-order valence-electron chi connectivity index (χ4n) is 2.20. The number of thiazole rings is 1. The highest BCUT2D eigenvalue weighted by Crippen LogP contribution is 2.32. The van der Waals surface area contributed by atoms with E-state index in [4.69, 9.17) is 20.2 Å². The van der Waals surface area contributed by atoms with Crippen LogP contribution in [-0.4, -0.2) is 69.3 Å². The van der Waals surface area contributed by atoms with Crippen molar-refractivity contribution in [2.75, 3.05) is 5.73 Å². The summed E-state index contributed by atoms with van der Waals surface area (Å²) in [6.45, 7) is 3.91. The normalized spacial score (nSPS) is 20.0. The van der Waals surface area contributed by atoms with E-state index in [0.29, 0.717) is 5.06 Å². The molecule has 1 aromatic rings. The summed E-state index contributed by atoms with van der Waals surface area (Å²) in [4.78, 5) is 44.3. The van der Waals surface area contributed by atoms with Crippen molar-refractivity contribution in [1.82, 2.24) is 15.4 Å². The molecule has 2 rings (SSSR count). The maximum Gasteiger partial charge on any atom is 0.418 e. The molecule has 16 heteroatoms. The third-order valence-corrected chi connectivity index (χ3v) is 4.76. The van der Waals surface area contributed by atoms with Crippen molar-refractivity contribution in [2.45, 2.75) is 38.5 Å². The molecule has 1 fully saturated rings. The Morgan fingerprint density at radius 1 is 1.48 bits per heavy atom. The molecule has 0 radical (unpaired) electrons. The van der Waals surface area contributed by atoms with Gasteiger partial charge in [-0.3, -0.25) is 14.1 Å². The Bertz CT molecular complexity index is 971. The van der Waals surface area contributed by atoms with E-state index in [1.165, 1.54) is 26.2 Å². The van der Waals surface area contributed by atoms with Crippen molar-refractivity contribution in [1.29, 1.82) is 0 Å². The molecule has 1 aromatic heterocycles. The number of carbonyl (C=O) groups is 3. The summed E-state index contributed by atoms with van der Waals surface area (Å²) in [5, 5.41) is 16.5. The van der Waals surface area contributed by atoms with E-state index in [-0.39, 0.29) is 10.8 Å². The maximum absolute atomic E-state index is 12.6. The number of nitrogen functional groups attached to an aromatic ring is 1. The number of amides is 2. The number of hydrogen-bond donors (Lipinski definition) is 4. The van der Waals surface area contributed by atoms with E-state index in [0.717, 1.165) is 11.3 Å². The lowest BCUT2D eigenvalue weighted by molar-refractivity contribution is -0.218. The van der Waals surface area contributed by atoms with Gasteiger partial charge in [0.2, 0.25) is 6.10 Å². The standard InChI is InChI=1S/C13H17N5O9S2/c1-5(11(21)22)26-17-7(6-4-28-12(14)15-6)9(19)16-8-10(20)18(13(8,2)3)27-29(23,24)25/h4-5,8H,1-3H3,(H2,14,15)(H,16,19)(H,21,22)(H,23,24,25)/b17-7-/t5-,8-/m1/s1. The second kappa shape index (κ2) is 7.90.